The SMILES string of the molecule is C1=Cc2[o+]c3ccccc3cc2SC1. The monoisotopic (exact) mass is 201 g/mol. The van der Waals surface area contributed by atoms with Crippen LogP contribution in [0.25, 0.3) is 17.0 Å². The summed E-state index contributed by atoms with van der Waals surface area (Å²) in [7, 11) is 0. The van der Waals surface area contributed by atoms with Crippen molar-refractivity contribution >= 4 is 28.8 Å². The number of thioether (sulfide) groups is 1. The van der Waals surface area contributed by atoms with Gasteiger partial charge < -0.3 is 0 Å². The van der Waals surface area contributed by atoms with E-state index in [4.69, 9.17) is 4.42 Å². The van der Waals surface area contributed by atoms with Gasteiger partial charge in [0.05, 0.1) is 5.39 Å². The minimum absolute atomic E-state index is 0.957. The second kappa shape index (κ2) is 3.14. The molecular weight excluding hydrogens is 192 g/mol. The Morgan fingerprint density at radius 1 is 1.21 bits per heavy atom. The summed E-state index contributed by atoms with van der Waals surface area (Å²) < 4.78 is 5.78. The third kappa shape index (κ3) is 1.23. The molecule has 68 valence electrons. The van der Waals surface area contributed by atoms with Crippen molar-refractivity contribution in [2.75, 3.05) is 5.75 Å². The number of rotatable bonds is 0. The van der Waals surface area contributed by atoms with E-state index in [9.17, 15) is 0 Å². The maximum atomic E-state index is 5.78. The van der Waals surface area contributed by atoms with Crippen LogP contribution in [0.5, 0.6) is 0 Å². The molecule has 1 aliphatic rings. The molecule has 0 spiro atoms. The molecule has 0 unspecified atom stereocenters. The number of hydrogen-bond acceptors (Lipinski definition) is 1. The Balaban J connectivity index is 2.34. The van der Waals surface area contributed by atoms with E-state index < -0.39 is 0 Å². The molecule has 14 heavy (non-hydrogen) atoms. The Bertz CT molecular complexity index is 517. The van der Waals surface area contributed by atoms with Gasteiger partial charge in [-0.05, 0) is 12.1 Å². The van der Waals surface area contributed by atoms with Crippen LogP contribution in [-0.4, -0.2) is 5.75 Å². The molecule has 0 aliphatic carbocycles. The van der Waals surface area contributed by atoms with E-state index in [2.05, 4.69) is 24.3 Å². The second-order valence-corrected chi connectivity index (χ2v) is 4.29. The molecule has 0 atom stereocenters. The molecule has 0 bridgehead atoms. The molecule has 1 aromatic heterocycles. The molecule has 0 fully saturated rings. The van der Waals surface area contributed by atoms with Crippen molar-refractivity contribution in [3.63, 3.8) is 0 Å². The summed E-state index contributed by atoms with van der Waals surface area (Å²) in [4.78, 5) is 1.24. The fraction of sp³-hybridized carbons (Fsp3) is 0.0833. The van der Waals surface area contributed by atoms with Gasteiger partial charge in [0, 0.05) is 17.9 Å². The highest BCUT2D eigenvalue weighted by Crippen LogP contribution is 2.31. The lowest BCUT2D eigenvalue weighted by atomic mass is 10.2. The highest BCUT2D eigenvalue weighted by atomic mass is 32.2. The first kappa shape index (κ1) is 8.06. The van der Waals surface area contributed by atoms with Gasteiger partial charge in [-0.1, -0.05) is 18.2 Å². The summed E-state index contributed by atoms with van der Waals surface area (Å²) in [5.41, 5.74) is 0.957. The van der Waals surface area contributed by atoms with Gasteiger partial charge >= 0.3 is 11.3 Å². The zero-order chi connectivity index (χ0) is 9.38. The lowest BCUT2D eigenvalue weighted by molar-refractivity contribution is 0.576. The highest BCUT2D eigenvalue weighted by Gasteiger charge is 2.18. The van der Waals surface area contributed by atoms with Crippen LogP contribution in [0.4, 0.5) is 0 Å². The number of fused-ring (bicyclic) bond motifs is 2. The van der Waals surface area contributed by atoms with E-state index >= 15 is 0 Å². The second-order valence-electron chi connectivity index (χ2n) is 3.23. The molecule has 1 aliphatic heterocycles. The average Bonchev–Trinajstić information content (AvgIpc) is 2.26. The Hall–Kier alpha value is -1.28. The molecule has 1 nitrogen and oxygen atoms in total. The van der Waals surface area contributed by atoms with E-state index in [1.54, 1.807) is 0 Å². The summed E-state index contributed by atoms with van der Waals surface area (Å²) >= 11 is 1.82. The van der Waals surface area contributed by atoms with E-state index in [1.165, 1.54) is 10.3 Å². The maximum Gasteiger partial charge on any atom is 0.366 e. The Morgan fingerprint density at radius 2 is 2.14 bits per heavy atom. The van der Waals surface area contributed by atoms with Crippen molar-refractivity contribution in [3.05, 3.63) is 42.2 Å². The van der Waals surface area contributed by atoms with Gasteiger partial charge in [-0.3, -0.25) is 0 Å². The van der Waals surface area contributed by atoms with Crippen molar-refractivity contribution in [3.8, 4) is 0 Å². The quantitative estimate of drug-likeness (QED) is 0.600. The minimum atomic E-state index is 0.957. The predicted molar refractivity (Wildman–Crippen MR) is 60.4 cm³/mol. The van der Waals surface area contributed by atoms with Crippen molar-refractivity contribution < 1.29 is 4.42 Å². The van der Waals surface area contributed by atoms with Crippen molar-refractivity contribution in [2.45, 2.75) is 4.90 Å². The van der Waals surface area contributed by atoms with Crippen molar-refractivity contribution in [1.82, 2.24) is 0 Å². The highest BCUT2D eigenvalue weighted by molar-refractivity contribution is 7.99. The van der Waals surface area contributed by atoms with Crippen LogP contribution in [0.15, 0.2) is 45.7 Å². The molecule has 2 aromatic rings. The molecule has 2 heterocycles. The maximum absolute atomic E-state index is 5.78. The number of para-hydroxylation sites is 1. The van der Waals surface area contributed by atoms with Gasteiger partial charge in [-0.15, -0.1) is 11.8 Å². The lowest BCUT2D eigenvalue weighted by Gasteiger charge is -2.01. The summed E-state index contributed by atoms with van der Waals surface area (Å²) in [6.45, 7) is 0. The largest absolute Gasteiger partial charge is 0.366 e. The number of hydrogen-bond donors (Lipinski definition) is 0. The van der Waals surface area contributed by atoms with E-state index in [1.807, 2.05) is 30.0 Å². The van der Waals surface area contributed by atoms with E-state index in [-0.39, 0.29) is 0 Å². The van der Waals surface area contributed by atoms with Gasteiger partial charge in [0.25, 0.3) is 0 Å². The first-order valence-electron chi connectivity index (χ1n) is 4.59. The van der Waals surface area contributed by atoms with Crippen LogP contribution < -0.4 is 0 Å². The Kier molecular flexibility index (Phi) is 1.81. The first-order valence-corrected chi connectivity index (χ1v) is 5.57. The molecule has 0 amide bonds. The zero-order valence-corrected chi connectivity index (χ0v) is 8.38. The van der Waals surface area contributed by atoms with Gasteiger partial charge in [-0.25, -0.2) is 4.42 Å². The smallest absolute Gasteiger partial charge is 0.206 e. The first-order chi connectivity index (χ1) is 6.93. The summed E-state index contributed by atoms with van der Waals surface area (Å²) in [6.07, 6.45) is 4.18. The van der Waals surface area contributed by atoms with Gasteiger partial charge in [0.2, 0.25) is 0 Å². The fourth-order valence-corrected chi connectivity index (χ4v) is 2.43. The summed E-state index contributed by atoms with van der Waals surface area (Å²) in [5, 5.41) is 1.18. The zero-order valence-electron chi connectivity index (χ0n) is 7.57. The van der Waals surface area contributed by atoms with Crippen LogP contribution in [0.2, 0.25) is 0 Å². The third-order valence-corrected chi connectivity index (χ3v) is 3.26. The van der Waals surface area contributed by atoms with E-state index in [0.717, 1.165) is 17.1 Å². The predicted octanol–water partition coefficient (Wildman–Crippen LogP) is 3.83. The normalized spacial score (nSPS) is 14.3. The van der Waals surface area contributed by atoms with Crippen molar-refractivity contribution in [2.24, 2.45) is 0 Å². The average molecular weight is 201 g/mol. The van der Waals surface area contributed by atoms with Crippen LogP contribution in [0.1, 0.15) is 5.76 Å². The molecule has 2 heteroatoms. The van der Waals surface area contributed by atoms with Crippen molar-refractivity contribution in [1.29, 1.82) is 0 Å². The van der Waals surface area contributed by atoms with Gasteiger partial charge in [0.15, 0.2) is 0 Å². The summed E-state index contributed by atoms with van der Waals surface area (Å²) in [6, 6.07) is 10.3. The molecular formula is C12H9OS+. The lowest BCUT2D eigenvalue weighted by Crippen LogP contribution is -1.87. The minimum Gasteiger partial charge on any atom is -0.206 e. The molecule has 0 radical (unpaired) electrons. The number of benzene rings is 1. The molecule has 0 saturated carbocycles. The third-order valence-electron chi connectivity index (χ3n) is 2.27. The Morgan fingerprint density at radius 3 is 3.14 bits per heavy atom. The van der Waals surface area contributed by atoms with Gasteiger partial charge in [-0.2, -0.15) is 0 Å². The summed E-state index contributed by atoms with van der Waals surface area (Å²) in [5.74, 6) is 2.03. The van der Waals surface area contributed by atoms with Crippen LogP contribution >= 0.6 is 11.8 Å². The molecule has 0 N–H and O–H groups in total. The Labute approximate surface area is 86.4 Å². The van der Waals surface area contributed by atoms with E-state index in [0.29, 0.717) is 0 Å². The van der Waals surface area contributed by atoms with Crippen LogP contribution in [0, 0.1) is 0 Å². The van der Waals surface area contributed by atoms with Crippen LogP contribution in [0.3, 0.4) is 0 Å². The van der Waals surface area contributed by atoms with Gasteiger partial charge in [0.1, 0.15) is 4.90 Å². The fourth-order valence-electron chi connectivity index (χ4n) is 1.60. The molecule has 3 rings (SSSR count). The van der Waals surface area contributed by atoms with Crippen LogP contribution in [-0.2, 0) is 0 Å². The topological polar surface area (TPSA) is 11.3 Å². The molecule has 0 saturated heterocycles. The standard InChI is InChI=1S/C12H9OS/c1-2-5-10-9(4-1)8-12-11(13-10)6-3-7-14-12/h1-6,8H,7H2/q+1. The molecule has 1 aromatic carbocycles.